The SMILES string of the molecule is COC(=O)C1=C(C)N=c2sc(=C3C(=O)N(Cc4ccc(Cl)cc4)c4ccccc43)c(=O)n2C1c1ccc(OC(C)=O)c(OC)c1. The third-order valence-electron chi connectivity index (χ3n) is 7.56. The number of rotatable bonds is 6. The maximum Gasteiger partial charge on any atom is 0.338 e. The predicted molar refractivity (Wildman–Crippen MR) is 168 cm³/mol. The third kappa shape index (κ3) is 5.23. The summed E-state index contributed by atoms with van der Waals surface area (Å²) in [6.45, 7) is 3.21. The summed E-state index contributed by atoms with van der Waals surface area (Å²) in [7, 11) is 2.67. The molecule has 0 aliphatic carbocycles. The Morgan fingerprint density at radius 1 is 1.00 bits per heavy atom. The van der Waals surface area contributed by atoms with Gasteiger partial charge in [0, 0.05) is 17.5 Å². The number of amides is 1. The number of benzene rings is 3. The van der Waals surface area contributed by atoms with E-state index in [2.05, 4.69) is 4.99 Å². The second-order valence-electron chi connectivity index (χ2n) is 10.3. The molecule has 45 heavy (non-hydrogen) atoms. The van der Waals surface area contributed by atoms with Crippen molar-refractivity contribution in [3.63, 3.8) is 0 Å². The maximum absolute atomic E-state index is 14.4. The number of para-hydroxylation sites is 1. The molecule has 0 fully saturated rings. The third-order valence-corrected chi connectivity index (χ3v) is 8.87. The van der Waals surface area contributed by atoms with Crippen molar-refractivity contribution >= 4 is 52.0 Å². The van der Waals surface area contributed by atoms with E-state index < -0.39 is 23.5 Å². The maximum atomic E-state index is 14.4. The van der Waals surface area contributed by atoms with Crippen molar-refractivity contribution in [2.45, 2.75) is 26.4 Å². The van der Waals surface area contributed by atoms with Crippen LogP contribution in [0, 0.1) is 0 Å². The summed E-state index contributed by atoms with van der Waals surface area (Å²) in [5, 5.41) is 0.587. The van der Waals surface area contributed by atoms with Gasteiger partial charge in [-0.2, -0.15) is 0 Å². The number of anilines is 1. The van der Waals surface area contributed by atoms with Gasteiger partial charge in [-0.05, 0) is 48.4 Å². The number of allylic oxidation sites excluding steroid dienone is 1. The lowest BCUT2D eigenvalue weighted by atomic mass is 9.95. The summed E-state index contributed by atoms with van der Waals surface area (Å²) in [6, 6.07) is 18.3. The largest absolute Gasteiger partial charge is 0.493 e. The Morgan fingerprint density at radius 2 is 1.73 bits per heavy atom. The van der Waals surface area contributed by atoms with Gasteiger partial charge in [-0.1, -0.05) is 59.3 Å². The molecule has 1 unspecified atom stereocenters. The molecule has 1 aromatic heterocycles. The van der Waals surface area contributed by atoms with E-state index in [0.29, 0.717) is 32.3 Å². The van der Waals surface area contributed by atoms with Crippen LogP contribution in [0.1, 0.15) is 36.6 Å². The van der Waals surface area contributed by atoms with Crippen LogP contribution < -0.4 is 29.3 Å². The molecule has 2 aliphatic heterocycles. The highest BCUT2D eigenvalue weighted by Crippen LogP contribution is 2.38. The summed E-state index contributed by atoms with van der Waals surface area (Å²) >= 11 is 7.15. The number of hydrogen-bond donors (Lipinski definition) is 0. The fourth-order valence-electron chi connectivity index (χ4n) is 5.58. The van der Waals surface area contributed by atoms with Gasteiger partial charge in [0.2, 0.25) is 0 Å². The fourth-order valence-corrected chi connectivity index (χ4v) is 6.84. The van der Waals surface area contributed by atoms with Gasteiger partial charge in [0.15, 0.2) is 16.3 Å². The monoisotopic (exact) mass is 643 g/mol. The number of halogens is 1. The number of esters is 2. The first-order chi connectivity index (χ1) is 21.6. The summed E-state index contributed by atoms with van der Waals surface area (Å²) in [5.41, 5.74) is 2.91. The molecular weight excluding hydrogens is 618 g/mol. The molecule has 4 aromatic rings. The van der Waals surface area contributed by atoms with Gasteiger partial charge >= 0.3 is 11.9 Å². The lowest BCUT2D eigenvalue weighted by Gasteiger charge is -2.25. The van der Waals surface area contributed by atoms with E-state index in [1.54, 1.807) is 36.1 Å². The van der Waals surface area contributed by atoms with Crippen LogP contribution in [-0.4, -0.2) is 36.6 Å². The molecule has 2 aliphatic rings. The molecule has 3 heterocycles. The van der Waals surface area contributed by atoms with Gasteiger partial charge in [0.25, 0.3) is 11.5 Å². The number of nitrogens with zero attached hydrogens (tertiary/aromatic N) is 3. The molecule has 10 nitrogen and oxygen atoms in total. The molecule has 1 amide bonds. The molecule has 0 radical (unpaired) electrons. The van der Waals surface area contributed by atoms with Crippen molar-refractivity contribution in [1.82, 2.24) is 4.57 Å². The van der Waals surface area contributed by atoms with E-state index in [1.165, 1.54) is 31.8 Å². The standard InChI is InChI=1S/C33H26ClN3O7S/c1-17-26(32(41)43-4)28(20-11-14-24(44-18(2)38)25(15-20)42-3)37-31(40)29(45-33(37)35-17)27-22-7-5-6-8-23(22)36(30(27)39)16-19-9-12-21(34)13-10-19/h5-15,28H,16H2,1-4H3. The molecule has 1 atom stereocenters. The van der Waals surface area contributed by atoms with Crippen LogP contribution in [0.4, 0.5) is 5.69 Å². The quantitative estimate of drug-likeness (QED) is 0.231. The number of hydrogen-bond acceptors (Lipinski definition) is 9. The minimum atomic E-state index is -0.972. The molecular formula is C33H26ClN3O7S. The molecule has 3 aromatic carbocycles. The first kappa shape index (κ1) is 30.0. The first-order valence-electron chi connectivity index (χ1n) is 13.8. The molecule has 0 saturated heterocycles. The number of methoxy groups -OCH3 is 2. The normalized spacial score (nSPS) is 16.6. The first-order valence-corrected chi connectivity index (χ1v) is 15.0. The highest BCUT2D eigenvalue weighted by atomic mass is 35.5. The molecule has 0 spiro atoms. The van der Waals surface area contributed by atoms with Crippen LogP contribution in [-0.2, 0) is 25.7 Å². The molecule has 228 valence electrons. The average Bonchev–Trinajstić information content (AvgIpc) is 3.49. The Bertz CT molecular complexity index is 2110. The number of carbonyl (C=O) groups excluding carboxylic acids is 3. The number of aromatic nitrogens is 1. The predicted octanol–water partition coefficient (Wildman–Crippen LogP) is 3.91. The Balaban J connectivity index is 1.56. The number of carbonyl (C=O) groups is 3. The van der Waals surface area contributed by atoms with Crippen LogP contribution in [0.5, 0.6) is 11.5 Å². The van der Waals surface area contributed by atoms with Gasteiger partial charge in [0.1, 0.15) is 4.53 Å². The van der Waals surface area contributed by atoms with Crippen molar-refractivity contribution in [3.8, 4) is 11.5 Å². The summed E-state index contributed by atoms with van der Waals surface area (Å²) in [4.78, 5) is 59.8. The Morgan fingerprint density at radius 3 is 2.42 bits per heavy atom. The summed E-state index contributed by atoms with van der Waals surface area (Å²) in [5.74, 6) is -1.13. The van der Waals surface area contributed by atoms with E-state index in [4.69, 9.17) is 25.8 Å². The minimum Gasteiger partial charge on any atom is -0.493 e. The summed E-state index contributed by atoms with van der Waals surface area (Å²) < 4.78 is 17.4. The highest BCUT2D eigenvalue weighted by Gasteiger charge is 2.37. The molecule has 12 heteroatoms. The van der Waals surface area contributed by atoms with E-state index in [0.717, 1.165) is 16.9 Å². The van der Waals surface area contributed by atoms with Crippen LogP contribution in [0.25, 0.3) is 5.57 Å². The van der Waals surface area contributed by atoms with Crippen molar-refractivity contribution in [3.05, 3.63) is 119 Å². The second kappa shape index (κ2) is 11.8. The summed E-state index contributed by atoms with van der Waals surface area (Å²) in [6.07, 6.45) is 0. The van der Waals surface area contributed by atoms with E-state index in [-0.39, 0.29) is 39.6 Å². The Kier molecular flexibility index (Phi) is 7.90. The van der Waals surface area contributed by atoms with E-state index >= 15 is 0 Å². The van der Waals surface area contributed by atoms with Crippen LogP contribution in [0.2, 0.25) is 5.02 Å². The number of thiazole rings is 1. The van der Waals surface area contributed by atoms with Gasteiger partial charge in [-0.3, -0.25) is 19.0 Å². The zero-order valence-corrected chi connectivity index (χ0v) is 26.2. The fraction of sp³-hybridized carbons (Fsp3) is 0.182. The lowest BCUT2D eigenvalue weighted by molar-refractivity contribution is -0.136. The van der Waals surface area contributed by atoms with E-state index in [1.807, 2.05) is 36.4 Å². The van der Waals surface area contributed by atoms with Crippen LogP contribution in [0.15, 0.2) is 87.8 Å². The van der Waals surface area contributed by atoms with Crippen LogP contribution >= 0.6 is 22.9 Å². The highest BCUT2D eigenvalue weighted by molar-refractivity contribution is 7.07. The van der Waals surface area contributed by atoms with Gasteiger partial charge < -0.3 is 19.1 Å². The smallest absolute Gasteiger partial charge is 0.338 e. The van der Waals surface area contributed by atoms with Crippen LogP contribution in [0.3, 0.4) is 0 Å². The Labute approximate surface area is 266 Å². The number of ether oxygens (including phenoxy) is 3. The van der Waals surface area contributed by atoms with Crippen molar-refractivity contribution in [1.29, 1.82) is 0 Å². The van der Waals surface area contributed by atoms with Gasteiger partial charge in [0.05, 0.1) is 49.3 Å². The Hall–Kier alpha value is -5.00. The van der Waals surface area contributed by atoms with Crippen molar-refractivity contribution < 1.29 is 28.6 Å². The molecule has 0 N–H and O–H groups in total. The zero-order chi connectivity index (χ0) is 32.0. The average molecular weight is 644 g/mol. The zero-order valence-electron chi connectivity index (χ0n) is 24.6. The van der Waals surface area contributed by atoms with Gasteiger partial charge in [-0.25, -0.2) is 9.79 Å². The van der Waals surface area contributed by atoms with E-state index in [9.17, 15) is 19.2 Å². The lowest BCUT2D eigenvalue weighted by Crippen LogP contribution is -2.40. The minimum absolute atomic E-state index is 0.145. The molecule has 0 saturated carbocycles. The molecule has 0 bridgehead atoms. The second-order valence-corrected chi connectivity index (χ2v) is 11.7. The topological polar surface area (TPSA) is 117 Å². The molecule has 6 rings (SSSR count). The van der Waals surface area contributed by atoms with Gasteiger partial charge in [-0.15, -0.1) is 0 Å². The number of fused-ring (bicyclic) bond motifs is 2. The van der Waals surface area contributed by atoms with Crippen molar-refractivity contribution in [2.75, 3.05) is 19.1 Å². The van der Waals surface area contributed by atoms with Crippen molar-refractivity contribution in [2.24, 2.45) is 4.99 Å².